The molecule has 0 saturated heterocycles. The van der Waals surface area contributed by atoms with Crippen molar-refractivity contribution in [2.24, 2.45) is 7.05 Å². The quantitative estimate of drug-likeness (QED) is 0.630. The van der Waals surface area contributed by atoms with Crippen LogP contribution in [0, 0.1) is 0 Å². The Bertz CT molecular complexity index is 872. The number of nitrogens with zero attached hydrogens (tertiary/aromatic N) is 3. The fourth-order valence-electron chi connectivity index (χ4n) is 2.33. The first-order valence-electron chi connectivity index (χ1n) is 7.73. The van der Waals surface area contributed by atoms with Gasteiger partial charge in [0, 0.05) is 20.3 Å². The molecule has 1 amide bonds. The summed E-state index contributed by atoms with van der Waals surface area (Å²) in [7, 11) is 3.56. The Balaban J connectivity index is 1.60. The van der Waals surface area contributed by atoms with E-state index in [1.807, 2.05) is 43.6 Å². The maximum absolute atomic E-state index is 12.4. The van der Waals surface area contributed by atoms with Crippen LogP contribution in [0.2, 0.25) is 0 Å². The summed E-state index contributed by atoms with van der Waals surface area (Å²) >= 11 is 3.43. The van der Waals surface area contributed by atoms with Crippen LogP contribution in [-0.2, 0) is 20.2 Å². The molecule has 2 heterocycles. The molecule has 0 N–H and O–H groups in total. The number of aryl methyl sites for hydroxylation is 1. The number of furan rings is 1. The zero-order chi connectivity index (χ0) is 17.8. The van der Waals surface area contributed by atoms with Crippen molar-refractivity contribution >= 4 is 21.8 Å². The normalized spacial score (nSPS) is 10.7. The molecule has 3 aromatic rings. The first-order valence-corrected chi connectivity index (χ1v) is 8.52. The summed E-state index contributed by atoms with van der Waals surface area (Å²) in [5, 5.41) is 4.27. The van der Waals surface area contributed by atoms with Gasteiger partial charge in [0.1, 0.15) is 18.1 Å². The van der Waals surface area contributed by atoms with Crippen LogP contribution in [0.4, 0.5) is 0 Å². The Morgan fingerprint density at radius 1 is 1.28 bits per heavy atom. The summed E-state index contributed by atoms with van der Waals surface area (Å²) in [5.41, 5.74) is 0.822. The lowest BCUT2D eigenvalue weighted by atomic mass is 10.3. The molecule has 2 aromatic heterocycles. The number of benzene rings is 1. The second kappa shape index (κ2) is 7.57. The first-order chi connectivity index (χ1) is 12.0. The third kappa shape index (κ3) is 4.30. The van der Waals surface area contributed by atoms with Crippen molar-refractivity contribution in [2.75, 3.05) is 7.05 Å². The molecule has 0 radical (unpaired) electrons. The summed E-state index contributed by atoms with van der Waals surface area (Å²) in [5.74, 6) is 1.39. The Hall–Kier alpha value is -2.54. The predicted molar refractivity (Wildman–Crippen MR) is 96.2 cm³/mol. The average Bonchev–Trinajstić information content (AvgIpc) is 3.22. The lowest BCUT2D eigenvalue weighted by Crippen LogP contribution is -2.26. The maximum Gasteiger partial charge on any atom is 0.289 e. The van der Waals surface area contributed by atoms with Crippen molar-refractivity contribution in [3.05, 3.63) is 70.3 Å². The average molecular weight is 404 g/mol. The molecule has 0 unspecified atom stereocenters. The molecular formula is C18H18BrN3O3. The largest absolute Gasteiger partial charge is 0.484 e. The lowest BCUT2D eigenvalue weighted by molar-refractivity contribution is 0.0747. The van der Waals surface area contributed by atoms with Crippen LogP contribution in [0.25, 0.3) is 0 Å². The summed E-state index contributed by atoms with van der Waals surface area (Å²) in [6.45, 7) is 0.670. The Labute approximate surface area is 154 Å². The van der Waals surface area contributed by atoms with Crippen LogP contribution in [0.5, 0.6) is 5.75 Å². The van der Waals surface area contributed by atoms with Gasteiger partial charge in [0.25, 0.3) is 5.91 Å². The molecule has 0 atom stereocenters. The number of ether oxygens (including phenoxy) is 1. The Morgan fingerprint density at radius 2 is 2.08 bits per heavy atom. The number of aromatic nitrogens is 2. The topological polar surface area (TPSA) is 60.5 Å². The van der Waals surface area contributed by atoms with Crippen molar-refractivity contribution in [1.29, 1.82) is 0 Å². The highest BCUT2D eigenvalue weighted by atomic mass is 79.9. The van der Waals surface area contributed by atoms with E-state index in [4.69, 9.17) is 9.15 Å². The SMILES string of the molecule is CN(Cc1ccn(C)n1)C(=O)c1ccc(COc2ccccc2Br)o1. The van der Waals surface area contributed by atoms with Gasteiger partial charge in [-0.25, -0.2) is 0 Å². The molecular weight excluding hydrogens is 386 g/mol. The highest BCUT2D eigenvalue weighted by molar-refractivity contribution is 9.10. The number of halogens is 1. The molecule has 0 saturated carbocycles. The van der Waals surface area contributed by atoms with Gasteiger partial charge in [0.05, 0.1) is 16.7 Å². The van der Waals surface area contributed by atoms with Gasteiger partial charge in [-0.15, -0.1) is 0 Å². The van der Waals surface area contributed by atoms with E-state index in [0.717, 1.165) is 15.9 Å². The monoisotopic (exact) mass is 403 g/mol. The number of hydrogen-bond acceptors (Lipinski definition) is 4. The fraction of sp³-hybridized carbons (Fsp3) is 0.222. The summed E-state index contributed by atoms with van der Waals surface area (Å²) in [6, 6.07) is 12.9. The summed E-state index contributed by atoms with van der Waals surface area (Å²) in [6.07, 6.45) is 1.84. The molecule has 0 aliphatic carbocycles. The molecule has 0 aliphatic heterocycles. The molecule has 6 nitrogen and oxygen atoms in total. The van der Waals surface area contributed by atoms with E-state index >= 15 is 0 Å². The van der Waals surface area contributed by atoms with Crippen LogP contribution < -0.4 is 4.74 Å². The number of amides is 1. The molecule has 3 rings (SSSR count). The minimum Gasteiger partial charge on any atom is -0.484 e. The second-order valence-corrected chi connectivity index (χ2v) is 6.48. The van der Waals surface area contributed by atoms with Crippen molar-refractivity contribution in [1.82, 2.24) is 14.7 Å². The number of rotatable bonds is 6. The maximum atomic E-state index is 12.4. The number of hydrogen-bond donors (Lipinski definition) is 0. The van der Waals surface area contributed by atoms with E-state index < -0.39 is 0 Å². The second-order valence-electron chi connectivity index (χ2n) is 5.63. The van der Waals surface area contributed by atoms with Gasteiger partial charge in [0.2, 0.25) is 0 Å². The lowest BCUT2D eigenvalue weighted by Gasteiger charge is -2.14. The zero-order valence-corrected chi connectivity index (χ0v) is 15.6. The van der Waals surface area contributed by atoms with Gasteiger partial charge in [0.15, 0.2) is 5.76 Å². The third-order valence-corrected chi connectivity index (χ3v) is 4.25. The molecule has 0 bridgehead atoms. The van der Waals surface area contributed by atoms with Crippen LogP contribution >= 0.6 is 15.9 Å². The van der Waals surface area contributed by atoms with Gasteiger partial charge in [-0.1, -0.05) is 12.1 Å². The molecule has 0 spiro atoms. The van der Waals surface area contributed by atoms with Gasteiger partial charge < -0.3 is 14.1 Å². The van der Waals surface area contributed by atoms with E-state index in [-0.39, 0.29) is 18.3 Å². The van der Waals surface area contributed by atoms with Crippen molar-refractivity contribution in [2.45, 2.75) is 13.2 Å². The summed E-state index contributed by atoms with van der Waals surface area (Å²) in [4.78, 5) is 14.0. The Kier molecular flexibility index (Phi) is 5.23. The minimum atomic E-state index is -0.196. The molecule has 7 heteroatoms. The van der Waals surface area contributed by atoms with Gasteiger partial charge in [-0.05, 0) is 46.3 Å². The van der Waals surface area contributed by atoms with E-state index in [0.29, 0.717) is 12.3 Å². The van der Waals surface area contributed by atoms with Crippen LogP contribution in [0.15, 0.2) is 57.6 Å². The van der Waals surface area contributed by atoms with Crippen molar-refractivity contribution in [3.8, 4) is 5.75 Å². The Morgan fingerprint density at radius 3 is 2.80 bits per heavy atom. The minimum absolute atomic E-state index is 0.196. The highest BCUT2D eigenvalue weighted by Gasteiger charge is 2.17. The smallest absolute Gasteiger partial charge is 0.289 e. The number of carbonyl (C=O) groups is 1. The van der Waals surface area contributed by atoms with E-state index in [1.165, 1.54) is 0 Å². The van der Waals surface area contributed by atoms with Gasteiger partial charge in [-0.3, -0.25) is 9.48 Å². The third-order valence-electron chi connectivity index (χ3n) is 3.59. The van der Waals surface area contributed by atoms with Gasteiger partial charge >= 0.3 is 0 Å². The first kappa shape index (κ1) is 17.3. The highest BCUT2D eigenvalue weighted by Crippen LogP contribution is 2.25. The number of para-hydroxylation sites is 1. The standard InChI is InChI=1S/C18H18BrN3O3/c1-21(11-13-9-10-22(2)20-13)18(23)17-8-7-14(25-17)12-24-16-6-4-3-5-15(16)19/h3-10H,11-12H2,1-2H3. The fourth-order valence-corrected chi connectivity index (χ4v) is 2.73. The molecule has 0 fully saturated rings. The van der Waals surface area contributed by atoms with Crippen LogP contribution in [-0.4, -0.2) is 27.6 Å². The predicted octanol–water partition coefficient (Wildman–Crippen LogP) is 3.63. The molecule has 25 heavy (non-hydrogen) atoms. The zero-order valence-electron chi connectivity index (χ0n) is 14.0. The molecule has 130 valence electrons. The molecule has 1 aromatic carbocycles. The van der Waals surface area contributed by atoms with Crippen molar-refractivity contribution < 1.29 is 13.9 Å². The van der Waals surface area contributed by atoms with Crippen molar-refractivity contribution in [3.63, 3.8) is 0 Å². The molecule has 0 aliphatic rings. The summed E-state index contributed by atoms with van der Waals surface area (Å²) < 4.78 is 13.9. The van der Waals surface area contributed by atoms with Crippen LogP contribution in [0.3, 0.4) is 0 Å². The van der Waals surface area contributed by atoms with E-state index in [2.05, 4.69) is 21.0 Å². The van der Waals surface area contributed by atoms with Crippen LogP contribution in [0.1, 0.15) is 22.0 Å². The van der Waals surface area contributed by atoms with Gasteiger partial charge in [-0.2, -0.15) is 5.10 Å². The number of carbonyl (C=O) groups excluding carboxylic acids is 1. The van der Waals surface area contributed by atoms with E-state index in [9.17, 15) is 4.79 Å². The van der Waals surface area contributed by atoms with E-state index in [1.54, 1.807) is 28.8 Å².